The number of aromatic carboxylic acids is 1. The van der Waals surface area contributed by atoms with Gasteiger partial charge in [-0.1, -0.05) is 44.7 Å². The molecule has 1 N–H and O–H groups in total. The topological polar surface area (TPSA) is 63.6 Å². The minimum Gasteiger partial charge on any atom is -0.478 e. The normalized spacial score (nSPS) is 17.2. The highest BCUT2D eigenvalue weighted by Gasteiger charge is 2.26. The molecule has 0 spiro atoms. The molecule has 0 aliphatic carbocycles. The molecule has 4 heteroatoms. The van der Waals surface area contributed by atoms with Gasteiger partial charge < -0.3 is 9.84 Å². The number of rotatable bonds is 8. The van der Waals surface area contributed by atoms with Crippen LogP contribution in [0.4, 0.5) is 0 Å². The fourth-order valence-corrected chi connectivity index (χ4v) is 2.68. The van der Waals surface area contributed by atoms with Crippen molar-refractivity contribution in [3.63, 3.8) is 0 Å². The van der Waals surface area contributed by atoms with Gasteiger partial charge in [-0.2, -0.15) is 0 Å². The van der Waals surface area contributed by atoms with E-state index in [1.165, 1.54) is 25.3 Å². The van der Waals surface area contributed by atoms with E-state index < -0.39 is 5.97 Å². The molecule has 1 atom stereocenters. The van der Waals surface area contributed by atoms with Gasteiger partial charge in [-0.25, -0.2) is 9.59 Å². The SMILES string of the molecule is CCCCCCCC1OC(=O)C=C1c1ccc(C(=O)O)cc1. The number of ether oxygens (including phenoxy) is 1. The predicted molar refractivity (Wildman–Crippen MR) is 84.6 cm³/mol. The Labute approximate surface area is 130 Å². The Bertz CT molecular complexity index is 557. The summed E-state index contributed by atoms with van der Waals surface area (Å²) < 4.78 is 5.36. The van der Waals surface area contributed by atoms with Crippen molar-refractivity contribution in [2.75, 3.05) is 0 Å². The lowest BCUT2D eigenvalue weighted by Crippen LogP contribution is -2.11. The first-order valence-electron chi connectivity index (χ1n) is 7.87. The Morgan fingerprint density at radius 2 is 1.82 bits per heavy atom. The van der Waals surface area contributed by atoms with E-state index in [0.717, 1.165) is 30.4 Å². The highest BCUT2D eigenvalue weighted by atomic mass is 16.5. The van der Waals surface area contributed by atoms with Crippen molar-refractivity contribution in [1.82, 2.24) is 0 Å². The Morgan fingerprint density at radius 3 is 2.45 bits per heavy atom. The highest BCUT2D eigenvalue weighted by molar-refractivity contribution is 5.97. The van der Waals surface area contributed by atoms with Crippen LogP contribution in [0.1, 0.15) is 61.4 Å². The number of carboxylic acid groups (broad SMARTS) is 1. The van der Waals surface area contributed by atoms with E-state index in [1.807, 2.05) is 0 Å². The van der Waals surface area contributed by atoms with Crippen LogP contribution in [0.2, 0.25) is 0 Å². The van der Waals surface area contributed by atoms with Crippen molar-refractivity contribution >= 4 is 17.5 Å². The summed E-state index contributed by atoms with van der Waals surface area (Å²) in [5.41, 5.74) is 1.96. The van der Waals surface area contributed by atoms with Crippen molar-refractivity contribution in [3.05, 3.63) is 41.5 Å². The number of carboxylic acids is 1. The van der Waals surface area contributed by atoms with Gasteiger partial charge in [0.2, 0.25) is 0 Å². The van der Waals surface area contributed by atoms with Gasteiger partial charge in [0.05, 0.1) is 5.56 Å². The molecule has 1 aromatic carbocycles. The first kappa shape index (κ1) is 16.3. The summed E-state index contributed by atoms with van der Waals surface area (Å²) in [6.07, 6.45) is 7.97. The number of esters is 1. The third-order valence-corrected chi connectivity index (χ3v) is 3.91. The van der Waals surface area contributed by atoms with Crippen molar-refractivity contribution in [2.24, 2.45) is 0 Å². The van der Waals surface area contributed by atoms with Gasteiger partial charge in [-0.15, -0.1) is 0 Å². The van der Waals surface area contributed by atoms with Gasteiger partial charge in [-0.05, 0) is 30.5 Å². The smallest absolute Gasteiger partial charge is 0.335 e. The standard InChI is InChI=1S/C18H22O4/c1-2-3-4-5-6-7-16-15(12-17(19)22-16)13-8-10-14(11-9-13)18(20)21/h8-12,16H,2-7H2,1H3,(H,20,21). The molecule has 4 nitrogen and oxygen atoms in total. The lowest BCUT2D eigenvalue weighted by molar-refractivity contribution is -0.138. The Balaban J connectivity index is 1.99. The predicted octanol–water partition coefficient (Wildman–Crippen LogP) is 4.05. The van der Waals surface area contributed by atoms with E-state index in [0.29, 0.717) is 0 Å². The zero-order valence-electron chi connectivity index (χ0n) is 12.9. The lowest BCUT2D eigenvalue weighted by Gasteiger charge is -2.14. The van der Waals surface area contributed by atoms with E-state index >= 15 is 0 Å². The minimum atomic E-state index is -0.952. The van der Waals surface area contributed by atoms with Crippen LogP contribution in [-0.2, 0) is 9.53 Å². The molecule has 118 valence electrons. The number of hydrogen-bond donors (Lipinski definition) is 1. The molecular formula is C18H22O4. The number of carbonyl (C=O) groups is 2. The van der Waals surface area contributed by atoms with Crippen LogP contribution < -0.4 is 0 Å². The average molecular weight is 302 g/mol. The average Bonchev–Trinajstić information content (AvgIpc) is 2.88. The summed E-state index contributed by atoms with van der Waals surface area (Å²) in [5.74, 6) is -1.26. The van der Waals surface area contributed by atoms with Gasteiger partial charge in [-0.3, -0.25) is 0 Å². The molecule has 0 bridgehead atoms. The van der Waals surface area contributed by atoms with Gasteiger partial charge in [0, 0.05) is 11.6 Å². The maximum Gasteiger partial charge on any atom is 0.335 e. The van der Waals surface area contributed by atoms with Crippen LogP contribution in [0.25, 0.3) is 5.57 Å². The molecule has 2 rings (SSSR count). The molecule has 1 aromatic rings. The van der Waals surface area contributed by atoms with E-state index in [9.17, 15) is 9.59 Å². The summed E-state index contributed by atoms with van der Waals surface area (Å²) >= 11 is 0. The highest BCUT2D eigenvalue weighted by Crippen LogP contribution is 2.30. The van der Waals surface area contributed by atoms with Crippen LogP contribution in [-0.4, -0.2) is 23.1 Å². The zero-order valence-corrected chi connectivity index (χ0v) is 12.9. The molecule has 1 unspecified atom stereocenters. The van der Waals surface area contributed by atoms with Crippen molar-refractivity contribution in [1.29, 1.82) is 0 Å². The molecule has 0 saturated carbocycles. The Kier molecular flexibility index (Phi) is 5.75. The summed E-state index contributed by atoms with van der Waals surface area (Å²) in [6, 6.07) is 6.59. The van der Waals surface area contributed by atoms with Crippen LogP contribution >= 0.6 is 0 Å². The minimum absolute atomic E-state index is 0.204. The largest absolute Gasteiger partial charge is 0.478 e. The molecule has 0 fully saturated rings. The second-order valence-corrected chi connectivity index (χ2v) is 5.61. The molecule has 0 amide bonds. The monoisotopic (exact) mass is 302 g/mol. The van der Waals surface area contributed by atoms with Crippen LogP contribution in [0.5, 0.6) is 0 Å². The summed E-state index contributed by atoms with van der Waals surface area (Å²) in [6.45, 7) is 2.18. The van der Waals surface area contributed by atoms with Crippen molar-refractivity contribution in [3.8, 4) is 0 Å². The van der Waals surface area contributed by atoms with Gasteiger partial charge in [0.1, 0.15) is 6.10 Å². The summed E-state index contributed by atoms with van der Waals surface area (Å²) in [4.78, 5) is 22.4. The van der Waals surface area contributed by atoms with Crippen LogP contribution in [0.15, 0.2) is 30.3 Å². The van der Waals surface area contributed by atoms with Crippen molar-refractivity contribution < 1.29 is 19.4 Å². The molecule has 0 saturated heterocycles. The van der Waals surface area contributed by atoms with Crippen molar-refractivity contribution in [2.45, 2.75) is 51.6 Å². The van der Waals surface area contributed by atoms with E-state index in [2.05, 4.69) is 6.92 Å². The fraction of sp³-hybridized carbons (Fsp3) is 0.444. The zero-order chi connectivity index (χ0) is 15.9. The summed E-state index contributed by atoms with van der Waals surface area (Å²) in [5, 5.41) is 8.93. The van der Waals surface area contributed by atoms with E-state index in [4.69, 9.17) is 9.84 Å². The molecule has 1 aliphatic heterocycles. The van der Waals surface area contributed by atoms with E-state index in [-0.39, 0.29) is 17.6 Å². The van der Waals surface area contributed by atoms with Gasteiger partial charge in [0.15, 0.2) is 0 Å². The summed E-state index contributed by atoms with van der Waals surface area (Å²) in [7, 11) is 0. The first-order chi connectivity index (χ1) is 10.6. The molecule has 0 radical (unpaired) electrons. The maximum absolute atomic E-state index is 11.6. The Morgan fingerprint density at radius 1 is 1.14 bits per heavy atom. The molecule has 22 heavy (non-hydrogen) atoms. The number of unbranched alkanes of at least 4 members (excludes halogenated alkanes) is 4. The molecule has 1 heterocycles. The lowest BCUT2D eigenvalue weighted by atomic mass is 9.96. The number of benzene rings is 1. The first-order valence-corrected chi connectivity index (χ1v) is 7.87. The maximum atomic E-state index is 11.6. The van der Waals surface area contributed by atoms with Crippen LogP contribution in [0.3, 0.4) is 0 Å². The number of hydrogen-bond acceptors (Lipinski definition) is 3. The third kappa shape index (κ3) is 4.20. The molecular weight excluding hydrogens is 280 g/mol. The van der Waals surface area contributed by atoms with Gasteiger partial charge in [0.25, 0.3) is 0 Å². The second kappa shape index (κ2) is 7.78. The molecule has 1 aliphatic rings. The third-order valence-electron chi connectivity index (χ3n) is 3.91. The fourth-order valence-electron chi connectivity index (χ4n) is 2.68. The quantitative estimate of drug-likeness (QED) is 0.581. The Hall–Kier alpha value is -2.10. The number of carbonyl (C=O) groups excluding carboxylic acids is 1. The molecule has 0 aromatic heterocycles. The van der Waals surface area contributed by atoms with Gasteiger partial charge >= 0.3 is 11.9 Å². The number of cyclic esters (lactones) is 1. The second-order valence-electron chi connectivity index (χ2n) is 5.61. The van der Waals surface area contributed by atoms with E-state index in [1.54, 1.807) is 24.3 Å². The van der Waals surface area contributed by atoms with Crippen LogP contribution in [0, 0.1) is 0 Å².